The van der Waals surface area contributed by atoms with Gasteiger partial charge in [0, 0.05) is 0 Å². The second-order valence-corrected chi connectivity index (χ2v) is 2.91. The fourth-order valence-electron chi connectivity index (χ4n) is 1.06. The van der Waals surface area contributed by atoms with Gasteiger partial charge in [-0.25, -0.2) is 0 Å². The van der Waals surface area contributed by atoms with Gasteiger partial charge >= 0.3 is 77.2 Å². The van der Waals surface area contributed by atoms with E-state index in [1.807, 2.05) is 0 Å². The molecule has 0 bridgehead atoms. The topological polar surface area (TPSA) is 37.3 Å². The Morgan fingerprint density at radius 2 is 1.64 bits per heavy atom. The van der Waals surface area contributed by atoms with Crippen LogP contribution in [0.25, 0.3) is 0 Å². The molecule has 0 radical (unpaired) electrons. The maximum absolute atomic E-state index is 10.1. The van der Waals surface area contributed by atoms with Gasteiger partial charge in [-0.05, 0) is 0 Å². The Morgan fingerprint density at radius 3 is 2.18 bits per heavy atom. The summed E-state index contributed by atoms with van der Waals surface area (Å²) in [5.41, 5.74) is 0. The van der Waals surface area contributed by atoms with Gasteiger partial charge < -0.3 is 0 Å². The van der Waals surface area contributed by atoms with Crippen molar-refractivity contribution in [3.8, 4) is 0 Å². The van der Waals surface area contributed by atoms with E-state index in [-0.39, 0.29) is 0 Å². The van der Waals surface area contributed by atoms with Crippen LogP contribution in [0.3, 0.4) is 0 Å². The molecule has 60 valence electrons. The summed E-state index contributed by atoms with van der Waals surface area (Å²) in [4.78, 5) is 10.1. The van der Waals surface area contributed by atoms with Gasteiger partial charge in [0.05, 0.1) is 0 Å². The van der Waals surface area contributed by atoms with Crippen molar-refractivity contribution < 1.29 is 9.90 Å². The normalized spacial score (nSPS) is 10.0. The van der Waals surface area contributed by atoms with Crippen LogP contribution in [0.1, 0.15) is 38.5 Å². The first-order chi connectivity index (χ1) is 5.27. The average molecular weight is 150 g/mol. The molecule has 1 N–H and O–H groups in total. The van der Waals surface area contributed by atoms with Crippen molar-refractivity contribution in [3.05, 3.63) is 0 Å². The van der Waals surface area contributed by atoms with Gasteiger partial charge in [0.25, 0.3) is 0 Å². The number of carbonyl (C=O) groups is 1. The molecule has 0 rings (SSSR count). The van der Waals surface area contributed by atoms with Crippen molar-refractivity contribution in [3.63, 3.8) is 0 Å². The van der Waals surface area contributed by atoms with Gasteiger partial charge in [-0.2, -0.15) is 0 Å². The molecular weight excluding hydrogens is 135 g/mol. The summed E-state index contributed by atoms with van der Waals surface area (Å²) >= 11 is 2.18. The zero-order valence-corrected chi connectivity index (χ0v) is 7.31. The van der Waals surface area contributed by atoms with E-state index in [0.29, 0.717) is 6.42 Å². The van der Waals surface area contributed by atoms with Crippen molar-refractivity contribution in [1.29, 1.82) is 0 Å². The van der Waals surface area contributed by atoms with Crippen LogP contribution in [0.4, 0.5) is 0 Å². The van der Waals surface area contributed by atoms with Gasteiger partial charge in [-0.15, -0.1) is 0 Å². The molecule has 0 aliphatic rings. The number of hydrogen-bond acceptors (Lipinski definition) is 1. The molecule has 3 heteroatoms. The van der Waals surface area contributed by atoms with Crippen LogP contribution in [-0.4, -0.2) is 28.8 Å². The number of aliphatic carboxylic acids is 1. The summed E-state index contributed by atoms with van der Waals surface area (Å²) in [6.07, 6.45) is 6.00. The van der Waals surface area contributed by atoms with Crippen LogP contribution in [0.15, 0.2) is 0 Å². The van der Waals surface area contributed by atoms with E-state index in [1.54, 1.807) is 0 Å². The van der Waals surface area contributed by atoms with Crippen molar-refractivity contribution in [2.45, 2.75) is 43.6 Å². The minimum atomic E-state index is -0.666. The molecule has 0 amide bonds. The molecule has 0 aliphatic heterocycles. The number of unbranched alkanes of at least 4 members (excludes halogenated alkanes) is 4. The molecule has 0 fully saturated rings. The Balaban J connectivity index is 2.85. The molecule has 2 nitrogen and oxygen atoms in total. The molecule has 0 spiro atoms. The summed E-state index contributed by atoms with van der Waals surface area (Å²) < 4.78 is 0. The number of hydrogen-bond donors (Lipinski definition) is 1. The molecule has 0 aromatic carbocycles. The van der Waals surface area contributed by atoms with E-state index in [4.69, 9.17) is 5.11 Å². The first kappa shape index (κ1) is 11.1. The quantitative estimate of drug-likeness (QED) is 0.445. The van der Waals surface area contributed by atoms with E-state index in [2.05, 4.69) is 17.7 Å². The van der Waals surface area contributed by atoms with Crippen molar-refractivity contribution in [2.24, 2.45) is 0 Å². The minimum absolute atomic E-state index is 0.339. The van der Waals surface area contributed by atoms with Gasteiger partial charge in [0.2, 0.25) is 0 Å². The number of carboxylic acids is 1. The Hall–Kier alpha value is 0.0674. The Kier molecular flexibility index (Phi) is 8.22. The van der Waals surface area contributed by atoms with Gasteiger partial charge in [-0.3, -0.25) is 0 Å². The summed E-state index contributed by atoms with van der Waals surface area (Å²) in [5, 5.41) is 9.57. The zero-order valence-electron chi connectivity index (χ0n) is 7.31. The zero-order chi connectivity index (χ0) is 8.53. The summed E-state index contributed by atoms with van der Waals surface area (Å²) in [7, 11) is 0. The van der Waals surface area contributed by atoms with Crippen LogP contribution in [-0.2, 0) is 4.79 Å². The fraction of sp³-hybridized carbons (Fsp3) is 0.875. The average Bonchev–Trinajstić information content (AvgIpc) is 1.96. The molecule has 0 heterocycles. The molecule has 0 atom stereocenters. The first-order valence-electron chi connectivity index (χ1n) is 4.49. The second-order valence-electron chi connectivity index (χ2n) is 2.91. The first-order valence-corrected chi connectivity index (χ1v) is 4.49. The molecule has 0 saturated carbocycles. The van der Waals surface area contributed by atoms with E-state index in [9.17, 15) is 4.79 Å². The molecule has 0 aliphatic carbocycles. The molecule has 0 aromatic heterocycles. The van der Waals surface area contributed by atoms with Crippen LogP contribution in [0.2, 0.25) is 5.09 Å². The Morgan fingerprint density at radius 1 is 1.09 bits per heavy atom. The van der Waals surface area contributed by atoms with E-state index < -0.39 is 5.97 Å². The predicted octanol–water partition coefficient (Wildman–Crippen LogP) is 2.00. The number of carboxylic acid groups (broad SMARTS) is 1. The third-order valence-electron chi connectivity index (χ3n) is 1.74. The third kappa shape index (κ3) is 10.1. The van der Waals surface area contributed by atoms with Crippen LogP contribution < -0.4 is 0 Å². The summed E-state index contributed by atoms with van der Waals surface area (Å²) in [5.74, 6) is -0.666. The Bertz CT molecular complexity index is 104. The van der Waals surface area contributed by atoms with Crippen molar-refractivity contribution >= 4 is 23.7 Å². The van der Waals surface area contributed by atoms with Gasteiger partial charge in [-0.1, -0.05) is 0 Å². The van der Waals surface area contributed by atoms with Crippen LogP contribution in [0, 0.1) is 0 Å². The van der Waals surface area contributed by atoms with E-state index in [0.717, 1.165) is 12.8 Å². The fourth-order valence-corrected chi connectivity index (χ4v) is 1.06. The molecule has 11 heavy (non-hydrogen) atoms. The van der Waals surface area contributed by atoms with Gasteiger partial charge in [0.15, 0.2) is 0 Å². The second kappa shape index (κ2) is 8.17. The van der Waals surface area contributed by atoms with Crippen LogP contribution in [0.5, 0.6) is 0 Å². The van der Waals surface area contributed by atoms with E-state index >= 15 is 0 Å². The van der Waals surface area contributed by atoms with Crippen molar-refractivity contribution in [2.75, 3.05) is 0 Å². The summed E-state index contributed by atoms with van der Waals surface area (Å²) in [6, 6.07) is 0. The molecule has 0 unspecified atom stereocenters. The SMILES string of the molecule is [Li][CH2]CCCCCCC(=O)O. The standard InChI is InChI=1S/C8H15O2.Li/c1-2-3-4-5-6-7-8(9)10;/h1-7H2,(H,9,10);. The van der Waals surface area contributed by atoms with E-state index in [1.165, 1.54) is 24.4 Å². The number of rotatable bonds is 7. The predicted molar refractivity (Wildman–Crippen MR) is 45.9 cm³/mol. The maximum atomic E-state index is 10.1. The molecule has 0 saturated heterocycles. The Labute approximate surface area is 77.6 Å². The third-order valence-corrected chi connectivity index (χ3v) is 1.74. The monoisotopic (exact) mass is 150 g/mol. The summed E-state index contributed by atoms with van der Waals surface area (Å²) in [6.45, 7) is 0. The molecular formula is C8H15LiO2. The van der Waals surface area contributed by atoms with Crippen molar-refractivity contribution in [1.82, 2.24) is 0 Å². The van der Waals surface area contributed by atoms with Crippen LogP contribution >= 0.6 is 0 Å². The molecule has 0 aromatic rings. The van der Waals surface area contributed by atoms with Gasteiger partial charge in [0.1, 0.15) is 0 Å².